The highest BCUT2D eigenvalue weighted by atomic mass is 35.5. The minimum atomic E-state index is -0.774. The van der Waals surface area contributed by atoms with Gasteiger partial charge in [-0.05, 0) is 49.2 Å². The fourth-order valence-corrected chi connectivity index (χ4v) is 2.90. The van der Waals surface area contributed by atoms with E-state index in [0.717, 1.165) is 0 Å². The van der Waals surface area contributed by atoms with Crippen molar-refractivity contribution in [3.63, 3.8) is 0 Å². The molecule has 0 spiro atoms. The molecule has 6 nitrogen and oxygen atoms in total. The minimum absolute atomic E-state index is 0.154. The van der Waals surface area contributed by atoms with E-state index in [1.807, 2.05) is 20.8 Å². The molecule has 0 saturated carbocycles. The Balaban J connectivity index is 2.07. The predicted molar refractivity (Wildman–Crippen MR) is 116 cm³/mol. The summed E-state index contributed by atoms with van der Waals surface area (Å²) in [6, 6.07) is 10.9. The van der Waals surface area contributed by atoms with Crippen molar-refractivity contribution in [2.24, 2.45) is 11.0 Å². The van der Waals surface area contributed by atoms with E-state index in [4.69, 9.17) is 27.9 Å². The van der Waals surface area contributed by atoms with Gasteiger partial charge in [0, 0.05) is 21.2 Å². The van der Waals surface area contributed by atoms with Crippen LogP contribution in [0.25, 0.3) is 0 Å². The van der Waals surface area contributed by atoms with Crippen molar-refractivity contribution in [1.29, 1.82) is 0 Å². The highest BCUT2D eigenvalue weighted by molar-refractivity contribution is 6.31. The van der Waals surface area contributed by atoms with E-state index in [-0.39, 0.29) is 11.8 Å². The molecule has 0 aliphatic carbocycles. The van der Waals surface area contributed by atoms with Gasteiger partial charge in [-0.1, -0.05) is 43.1 Å². The Morgan fingerprint density at radius 2 is 1.86 bits per heavy atom. The summed E-state index contributed by atoms with van der Waals surface area (Å²) in [6.45, 7) is 6.01. The zero-order valence-corrected chi connectivity index (χ0v) is 17.9. The van der Waals surface area contributed by atoms with Crippen molar-refractivity contribution in [2.75, 3.05) is 6.61 Å². The number of amides is 2. The molecule has 2 aromatic carbocycles. The molecule has 2 rings (SSSR count). The second-order valence-electron chi connectivity index (χ2n) is 6.55. The lowest BCUT2D eigenvalue weighted by Gasteiger charge is -2.20. The van der Waals surface area contributed by atoms with E-state index < -0.39 is 11.9 Å². The van der Waals surface area contributed by atoms with Gasteiger partial charge in [0.15, 0.2) is 0 Å². The number of nitrogens with one attached hydrogen (secondary N) is 2. The number of nitrogens with zero attached hydrogens (tertiary/aromatic N) is 1. The molecule has 2 amide bonds. The van der Waals surface area contributed by atoms with Crippen molar-refractivity contribution in [1.82, 2.24) is 10.7 Å². The number of hydrazone groups is 1. The summed E-state index contributed by atoms with van der Waals surface area (Å²) in [4.78, 5) is 25.0. The van der Waals surface area contributed by atoms with Gasteiger partial charge in [-0.15, -0.1) is 0 Å². The van der Waals surface area contributed by atoms with Crippen LogP contribution in [0.2, 0.25) is 10.0 Å². The van der Waals surface area contributed by atoms with Crippen LogP contribution in [0.1, 0.15) is 36.7 Å². The third-order valence-electron chi connectivity index (χ3n) is 3.97. The smallest absolute Gasteiger partial charge is 0.262 e. The lowest BCUT2D eigenvalue weighted by Crippen LogP contribution is -2.48. The first kappa shape index (κ1) is 22.7. The lowest BCUT2D eigenvalue weighted by atomic mass is 10.0. The summed E-state index contributed by atoms with van der Waals surface area (Å²) in [5, 5.41) is 7.67. The average molecular weight is 436 g/mol. The first-order chi connectivity index (χ1) is 13.8. The number of hydrogen-bond acceptors (Lipinski definition) is 4. The van der Waals surface area contributed by atoms with E-state index in [1.165, 1.54) is 6.21 Å². The Kier molecular flexibility index (Phi) is 8.49. The third kappa shape index (κ3) is 6.76. The Bertz CT molecular complexity index is 900. The molecule has 0 radical (unpaired) electrons. The van der Waals surface area contributed by atoms with Crippen molar-refractivity contribution >= 4 is 41.2 Å². The molecular weight excluding hydrogens is 413 g/mol. The second kappa shape index (κ2) is 10.8. The van der Waals surface area contributed by atoms with E-state index in [1.54, 1.807) is 42.5 Å². The first-order valence-corrected chi connectivity index (χ1v) is 9.89. The van der Waals surface area contributed by atoms with Crippen molar-refractivity contribution in [3.05, 3.63) is 63.6 Å². The molecule has 1 atom stereocenters. The Morgan fingerprint density at radius 3 is 2.52 bits per heavy atom. The predicted octanol–water partition coefficient (Wildman–Crippen LogP) is 4.30. The SMILES string of the molecule is CCOc1ccc(Cl)cc1C=NNC(=O)C(NC(=O)c1cccc(Cl)c1)C(C)C. The first-order valence-electron chi connectivity index (χ1n) is 9.13. The van der Waals surface area contributed by atoms with Crippen LogP contribution in [-0.4, -0.2) is 30.7 Å². The van der Waals surface area contributed by atoms with Gasteiger partial charge in [-0.3, -0.25) is 9.59 Å². The van der Waals surface area contributed by atoms with Crippen molar-refractivity contribution in [2.45, 2.75) is 26.8 Å². The number of hydrogen-bond donors (Lipinski definition) is 2. The van der Waals surface area contributed by atoms with Gasteiger partial charge < -0.3 is 10.1 Å². The standard InChI is InChI=1S/C21H23Cl2N3O3/c1-4-29-18-9-8-17(23)11-15(18)12-24-26-21(28)19(13(2)3)25-20(27)14-6-5-7-16(22)10-14/h5-13,19H,4H2,1-3H3,(H,25,27)(H,26,28). The normalized spacial score (nSPS) is 12.1. The highest BCUT2D eigenvalue weighted by Gasteiger charge is 2.24. The van der Waals surface area contributed by atoms with Crippen LogP contribution < -0.4 is 15.5 Å². The molecule has 0 aliphatic rings. The fraction of sp³-hybridized carbons (Fsp3) is 0.286. The average Bonchev–Trinajstić information content (AvgIpc) is 2.67. The molecule has 0 bridgehead atoms. The Morgan fingerprint density at radius 1 is 1.14 bits per heavy atom. The molecule has 1 unspecified atom stereocenters. The second-order valence-corrected chi connectivity index (χ2v) is 7.43. The number of carbonyl (C=O) groups is 2. The topological polar surface area (TPSA) is 79.8 Å². The molecule has 0 aliphatic heterocycles. The number of ether oxygens (including phenoxy) is 1. The van der Waals surface area contributed by atoms with E-state index >= 15 is 0 Å². The fourth-order valence-electron chi connectivity index (χ4n) is 2.53. The van der Waals surface area contributed by atoms with Crippen LogP contribution in [0, 0.1) is 5.92 Å². The van der Waals surface area contributed by atoms with Crippen LogP contribution in [0.4, 0.5) is 0 Å². The lowest BCUT2D eigenvalue weighted by molar-refractivity contribution is -0.123. The summed E-state index contributed by atoms with van der Waals surface area (Å²) >= 11 is 11.9. The van der Waals surface area contributed by atoms with Gasteiger partial charge in [-0.2, -0.15) is 5.10 Å². The maximum atomic E-state index is 12.6. The maximum Gasteiger partial charge on any atom is 0.262 e. The number of benzene rings is 2. The van der Waals surface area contributed by atoms with Gasteiger partial charge in [0.25, 0.3) is 11.8 Å². The Hall–Kier alpha value is -2.57. The van der Waals surface area contributed by atoms with Crippen LogP contribution >= 0.6 is 23.2 Å². The van der Waals surface area contributed by atoms with Gasteiger partial charge in [0.05, 0.1) is 12.8 Å². The molecule has 2 aromatic rings. The third-order valence-corrected chi connectivity index (χ3v) is 4.44. The van der Waals surface area contributed by atoms with E-state index in [2.05, 4.69) is 15.8 Å². The zero-order valence-electron chi connectivity index (χ0n) is 16.4. The number of rotatable bonds is 8. The van der Waals surface area contributed by atoms with Gasteiger partial charge in [0.1, 0.15) is 11.8 Å². The minimum Gasteiger partial charge on any atom is -0.493 e. The molecule has 0 saturated heterocycles. The summed E-state index contributed by atoms with van der Waals surface area (Å²) in [5.74, 6) is -0.381. The molecule has 0 aromatic heterocycles. The van der Waals surface area contributed by atoms with Crippen LogP contribution in [0.15, 0.2) is 47.6 Å². The van der Waals surface area contributed by atoms with Crippen LogP contribution in [-0.2, 0) is 4.79 Å². The zero-order chi connectivity index (χ0) is 21.4. The van der Waals surface area contributed by atoms with Gasteiger partial charge >= 0.3 is 0 Å². The monoisotopic (exact) mass is 435 g/mol. The number of carbonyl (C=O) groups excluding carboxylic acids is 2. The van der Waals surface area contributed by atoms with Crippen molar-refractivity contribution < 1.29 is 14.3 Å². The molecule has 0 fully saturated rings. The summed E-state index contributed by atoms with van der Waals surface area (Å²) < 4.78 is 5.52. The molecule has 154 valence electrons. The molecule has 2 N–H and O–H groups in total. The summed E-state index contributed by atoms with van der Waals surface area (Å²) in [6.07, 6.45) is 1.45. The van der Waals surface area contributed by atoms with E-state index in [9.17, 15) is 9.59 Å². The van der Waals surface area contributed by atoms with Crippen molar-refractivity contribution in [3.8, 4) is 5.75 Å². The van der Waals surface area contributed by atoms with Gasteiger partial charge in [-0.25, -0.2) is 5.43 Å². The van der Waals surface area contributed by atoms with Crippen LogP contribution in [0.5, 0.6) is 5.75 Å². The summed E-state index contributed by atoms with van der Waals surface area (Å²) in [5.41, 5.74) is 3.46. The molecule has 29 heavy (non-hydrogen) atoms. The largest absolute Gasteiger partial charge is 0.493 e. The van der Waals surface area contributed by atoms with Gasteiger partial charge in [0.2, 0.25) is 0 Å². The van der Waals surface area contributed by atoms with E-state index in [0.29, 0.717) is 33.5 Å². The Labute approximate surface area is 180 Å². The molecule has 0 heterocycles. The highest BCUT2D eigenvalue weighted by Crippen LogP contribution is 2.21. The maximum absolute atomic E-state index is 12.6. The van der Waals surface area contributed by atoms with Crippen LogP contribution in [0.3, 0.4) is 0 Å². The number of halogens is 2. The molecular formula is C21H23Cl2N3O3. The molecule has 8 heteroatoms. The quantitative estimate of drug-likeness (QED) is 0.479. The summed E-state index contributed by atoms with van der Waals surface area (Å²) in [7, 11) is 0.